The number of benzene rings is 1. The lowest BCUT2D eigenvalue weighted by Crippen LogP contribution is -2.00. The van der Waals surface area contributed by atoms with Crippen molar-refractivity contribution in [1.29, 1.82) is 0 Å². The Labute approximate surface area is 94.9 Å². The predicted octanol–water partition coefficient (Wildman–Crippen LogP) is 2.54. The van der Waals surface area contributed by atoms with Gasteiger partial charge in [-0.05, 0) is 24.6 Å². The number of fused-ring (bicyclic) bond motifs is 1. The van der Waals surface area contributed by atoms with Crippen molar-refractivity contribution >= 4 is 11.9 Å². The normalized spacial score (nSPS) is 13.4. The molecule has 16 heavy (non-hydrogen) atoms. The van der Waals surface area contributed by atoms with E-state index in [1.54, 1.807) is 6.20 Å². The number of aryl methyl sites for hydroxylation is 1. The summed E-state index contributed by atoms with van der Waals surface area (Å²) in [4.78, 5) is 4.13. The second-order valence-corrected chi connectivity index (χ2v) is 4.01. The van der Waals surface area contributed by atoms with Crippen molar-refractivity contribution in [2.24, 2.45) is 0 Å². The molecule has 0 spiro atoms. The Bertz CT molecular complexity index is 556. The third-order valence-corrected chi connectivity index (χ3v) is 2.94. The van der Waals surface area contributed by atoms with Gasteiger partial charge < -0.3 is 0 Å². The molecule has 0 saturated carbocycles. The molecule has 78 valence electrons. The first-order valence-corrected chi connectivity index (χ1v) is 5.37. The molecule has 2 heteroatoms. The lowest BCUT2D eigenvalue weighted by Gasteiger charge is -2.05. The summed E-state index contributed by atoms with van der Waals surface area (Å²) in [5.41, 5.74) is 4.99. The molecule has 3 rings (SSSR count). The van der Waals surface area contributed by atoms with Gasteiger partial charge in [0.15, 0.2) is 11.9 Å². The summed E-state index contributed by atoms with van der Waals surface area (Å²) >= 11 is 0. The Kier molecular flexibility index (Phi) is 2.07. The van der Waals surface area contributed by atoms with Gasteiger partial charge in [0.05, 0.1) is 6.20 Å². The molecule has 0 bridgehead atoms. The molecule has 0 fully saturated rings. The third kappa shape index (κ3) is 1.43. The molecule has 0 radical (unpaired) electrons. The SMILES string of the molecule is Cc1cccc2c1C[N+](c1cccnc1)=[C-]2. The van der Waals surface area contributed by atoms with Crippen molar-refractivity contribution in [3.05, 3.63) is 59.4 Å². The average molecular weight is 208 g/mol. The van der Waals surface area contributed by atoms with Crippen LogP contribution in [0.5, 0.6) is 0 Å². The summed E-state index contributed by atoms with van der Waals surface area (Å²) in [7, 11) is 0. The lowest BCUT2D eigenvalue weighted by molar-refractivity contribution is -0.448. The lowest BCUT2D eigenvalue weighted by atomic mass is 10.1. The highest BCUT2D eigenvalue weighted by atomic mass is 15.0. The van der Waals surface area contributed by atoms with Crippen LogP contribution in [-0.2, 0) is 6.54 Å². The van der Waals surface area contributed by atoms with E-state index in [1.807, 2.05) is 12.3 Å². The molecule has 1 aliphatic heterocycles. The van der Waals surface area contributed by atoms with Gasteiger partial charge in [-0.2, -0.15) is 0 Å². The third-order valence-electron chi connectivity index (χ3n) is 2.94. The fourth-order valence-corrected chi connectivity index (χ4v) is 2.03. The molecule has 0 N–H and O–H groups in total. The standard InChI is InChI=1S/C14H12N2/c1-11-4-2-5-12-9-16(10-14(11)12)13-6-3-7-15-8-13/h2-8H,10H2,1H3. The zero-order valence-corrected chi connectivity index (χ0v) is 9.14. The summed E-state index contributed by atoms with van der Waals surface area (Å²) in [5, 5.41) is 0. The molecule has 2 heterocycles. The van der Waals surface area contributed by atoms with Gasteiger partial charge >= 0.3 is 0 Å². The van der Waals surface area contributed by atoms with Crippen molar-refractivity contribution in [2.45, 2.75) is 13.5 Å². The van der Waals surface area contributed by atoms with Crippen LogP contribution in [0.2, 0.25) is 0 Å². The molecule has 0 amide bonds. The van der Waals surface area contributed by atoms with E-state index in [4.69, 9.17) is 0 Å². The Balaban J connectivity index is 2.04. The molecule has 0 unspecified atom stereocenters. The van der Waals surface area contributed by atoms with Crippen LogP contribution in [0.15, 0.2) is 42.7 Å². The molecule has 2 aromatic rings. The van der Waals surface area contributed by atoms with Crippen LogP contribution < -0.4 is 0 Å². The summed E-state index contributed by atoms with van der Waals surface area (Å²) in [6.45, 7) is 3.04. The predicted molar refractivity (Wildman–Crippen MR) is 63.1 cm³/mol. The number of nitrogens with zero attached hydrogens (tertiary/aromatic N) is 2. The topological polar surface area (TPSA) is 15.9 Å². The first-order chi connectivity index (χ1) is 7.84. The molecule has 1 aliphatic rings. The number of pyridine rings is 1. The highest BCUT2D eigenvalue weighted by molar-refractivity contribution is 5.81. The van der Waals surface area contributed by atoms with Gasteiger partial charge in [0, 0.05) is 6.20 Å². The van der Waals surface area contributed by atoms with E-state index < -0.39 is 0 Å². The van der Waals surface area contributed by atoms with Crippen molar-refractivity contribution in [1.82, 2.24) is 4.98 Å². The van der Waals surface area contributed by atoms with Crippen molar-refractivity contribution in [3.8, 4) is 0 Å². The minimum Gasteiger partial charge on any atom is -0.277 e. The maximum absolute atomic E-state index is 4.13. The van der Waals surface area contributed by atoms with Crippen LogP contribution in [0.3, 0.4) is 0 Å². The number of hydrogen-bond donors (Lipinski definition) is 0. The van der Waals surface area contributed by atoms with Gasteiger partial charge in [0.25, 0.3) is 0 Å². The van der Waals surface area contributed by atoms with Gasteiger partial charge in [0.2, 0.25) is 0 Å². The first kappa shape index (κ1) is 9.28. The first-order valence-electron chi connectivity index (χ1n) is 5.37. The molecular formula is C14H12N2. The zero-order valence-electron chi connectivity index (χ0n) is 9.14. The van der Waals surface area contributed by atoms with Crippen molar-refractivity contribution in [2.75, 3.05) is 0 Å². The highest BCUT2D eigenvalue weighted by Crippen LogP contribution is 2.23. The quantitative estimate of drug-likeness (QED) is 0.519. The second-order valence-electron chi connectivity index (χ2n) is 4.01. The monoisotopic (exact) mass is 208 g/mol. The van der Waals surface area contributed by atoms with E-state index in [0.717, 1.165) is 12.2 Å². The van der Waals surface area contributed by atoms with E-state index in [2.05, 4.69) is 47.0 Å². The Hall–Kier alpha value is -1.96. The molecule has 1 aromatic carbocycles. The maximum atomic E-state index is 4.13. The molecule has 2 nitrogen and oxygen atoms in total. The summed E-state index contributed by atoms with van der Waals surface area (Å²) in [6, 6.07) is 10.3. The average Bonchev–Trinajstić information content (AvgIpc) is 2.76. The van der Waals surface area contributed by atoms with Gasteiger partial charge in [-0.15, -0.1) is 12.1 Å². The smallest absolute Gasteiger partial charge is 0.153 e. The maximum Gasteiger partial charge on any atom is 0.153 e. The van der Waals surface area contributed by atoms with Crippen molar-refractivity contribution in [3.63, 3.8) is 0 Å². The van der Waals surface area contributed by atoms with E-state index in [1.165, 1.54) is 16.7 Å². The number of aromatic nitrogens is 1. The van der Waals surface area contributed by atoms with E-state index in [0.29, 0.717) is 0 Å². The van der Waals surface area contributed by atoms with E-state index >= 15 is 0 Å². The Morgan fingerprint density at radius 1 is 1.25 bits per heavy atom. The fraction of sp³-hybridized carbons (Fsp3) is 0.143. The Morgan fingerprint density at radius 3 is 2.94 bits per heavy atom. The minimum absolute atomic E-state index is 0.897. The van der Waals surface area contributed by atoms with Crippen molar-refractivity contribution < 1.29 is 4.58 Å². The fourth-order valence-electron chi connectivity index (χ4n) is 2.03. The van der Waals surface area contributed by atoms with E-state index in [9.17, 15) is 0 Å². The summed E-state index contributed by atoms with van der Waals surface area (Å²) in [5.74, 6) is 0. The Morgan fingerprint density at radius 2 is 2.19 bits per heavy atom. The molecule has 0 atom stereocenters. The van der Waals surface area contributed by atoms with Gasteiger partial charge in [-0.25, -0.2) is 0 Å². The molecule has 1 aromatic heterocycles. The summed E-state index contributed by atoms with van der Waals surface area (Å²) < 4.78 is 2.12. The van der Waals surface area contributed by atoms with Crippen LogP contribution in [0, 0.1) is 6.92 Å². The van der Waals surface area contributed by atoms with Crippen LogP contribution in [0.1, 0.15) is 16.7 Å². The minimum atomic E-state index is 0.897. The number of hydrogen-bond acceptors (Lipinski definition) is 1. The largest absolute Gasteiger partial charge is 0.277 e. The second kappa shape index (κ2) is 3.56. The molecule has 0 aliphatic carbocycles. The van der Waals surface area contributed by atoms with Crippen LogP contribution in [-0.4, -0.2) is 15.8 Å². The highest BCUT2D eigenvalue weighted by Gasteiger charge is 2.15. The van der Waals surface area contributed by atoms with Gasteiger partial charge in [-0.3, -0.25) is 9.56 Å². The molecular weight excluding hydrogens is 196 g/mol. The van der Waals surface area contributed by atoms with Crippen LogP contribution in [0.25, 0.3) is 0 Å². The van der Waals surface area contributed by atoms with Gasteiger partial charge in [0.1, 0.15) is 6.54 Å². The van der Waals surface area contributed by atoms with E-state index in [-0.39, 0.29) is 0 Å². The molecule has 0 saturated heterocycles. The van der Waals surface area contributed by atoms with Crippen LogP contribution >= 0.6 is 0 Å². The number of rotatable bonds is 1. The van der Waals surface area contributed by atoms with Gasteiger partial charge in [-0.1, -0.05) is 17.2 Å². The zero-order chi connectivity index (χ0) is 11.0. The van der Waals surface area contributed by atoms with Crippen LogP contribution in [0.4, 0.5) is 5.69 Å². The summed E-state index contributed by atoms with van der Waals surface area (Å²) in [6.07, 6.45) is 7.04.